The monoisotopic (exact) mass is 672 g/mol. The Balaban J connectivity index is 0.000000152. The van der Waals surface area contributed by atoms with Gasteiger partial charge in [0, 0.05) is 57.2 Å². The fourth-order valence-electron chi connectivity index (χ4n) is 7.58. The van der Waals surface area contributed by atoms with Gasteiger partial charge < -0.3 is 9.13 Å². The minimum atomic E-state index is -0.247. The predicted octanol–water partition coefficient (Wildman–Crippen LogP) is 12.2. The third-order valence-electron chi connectivity index (χ3n) is 10.2. The number of aryl methyl sites for hydroxylation is 1. The van der Waals surface area contributed by atoms with Crippen molar-refractivity contribution in [2.45, 2.75) is 13.8 Å². The van der Waals surface area contributed by atoms with Gasteiger partial charge >= 0.3 is 0 Å². The topological polar surface area (TPSA) is 46.1 Å². The summed E-state index contributed by atoms with van der Waals surface area (Å²) in [4.78, 5) is 4.17. The van der Waals surface area contributed by atoms with Gasteiger partial charge in [-0.3, -0.25) is 10.4 Å². The highest BCUT2D eigenvalue weighted by Crippen LogP contribution is 2.40. The van der Waals surface area contributed by atoms with Gasteiger partial charge in [-0.25, -0.2) is 0 Å². The Bertz CT molecular complexity index is 2610. The third-order valence-corrected chi connectivity index (χ3v) is 10.2. The Morgan fingerprint density at radius 1 is 0.615 bits per heavy atom. The summed E-state index contributed by atoms with van der Waals surface area (Å²) >= 11 is 0. The van der Waals surface area contributed by atoms with E-state index in [9.17, 15) is 0 Å². The molecule has 0 saturated carbocycles. The van der Waals surface area contributed by atoms with Crippen LogP contribution in [0.5, 0.6) is 0 Å². The lowest BCUT2D eigenvalue weighted by atomic mass is 9.81. The number of nitrogens with zero attached hydrogens (tertiary/aromatic N) is 3. The van der Waals surface area contributed by atoms with E-state index < -0.39 is 0 Å². The predicted molar refractivity (Wildman–Crippen MR) is 221 cm³/mol. The SMILES string of the molecule is C=NC1=C(C(=N)c2cc(-c3ccccc3)cc(-c3ccccc3)c2)C(C)(C)C=C1.Cn1c2ccccc2c2ccc3c(ccn3-c3ccccc3)c21. The maximum absolute atomic E-state index is 9.05. The molecule has 0 fully saturated rings. The van der Waals surface area contributed by atoms with Gasteiger partial charge in [0.2, 0.25) is 0 Å². The Morgan fingerprint density at radius 2 is 1.21 bits per heavy atom. The summed E-state index contributed by atoms with van der Waals surface area (Å²) in [6.45, 7) is 7.94. The van der Waals surface area contributed by atoms with Crippen LogP contribution in [-0.2, 0) is 7.05 Å². The molecule has 0 amide bonds. The van der Waals surface area contributed by atoms with Gasteiger partial charge in [0.15, 0.2) is 0 Å². The summed E-state index contributed by atoms with van der Waals surface area (Å²) in [5, 5.41) is 13.0. The Hall–Kier alpha value is -6.52. The van der Waals surface area contributed by atoms with Crippen molar-refractivity contribution in [1.29, 1.82) is 5.41 Å². The lowest BCUT2D eigenvalue weighted by molar-refractivity contribution is 0.611. The average Bonchev–Trinajstić information content (AvgIpc) is 3.86. The zero-order valence-corrected chi connectivity index (χ0v) is 29.7. The molecule has 1 aliphatic rings. The van der Waals surface area contributed by atoms with Crippen LogP contribution in [0.3, 0.4) is 0 Å². The summed E-state index contributed by atoms with van der Waals surface area (Å²) in [6, 6.07) is 52.9. The number of nitrogens with one attached hydrogen (secondary N) is 1. The largest absolute Gasteiger partial charge is 0.343 e. The number of benzene rings is 6. The maximum atomic E-state index is 9.05. The first-order valence-electron chi connectivity index (χ1n) is 17.6. The number of aliphatic imine (C=N–C) groups is 1. The van der Waals surface area contributed by atoms with E-state index in [1.807, 2.05) is 42.5 Å². The van der Waals surface area contributed by atoms with Crippen molar-refractivity contribution in [3.63, 3.8) is 0 Å². The molecule has 0 spiro atoms. The van der Waals surface area contributed by atoms with Crippen LogP contribution in [0.4, 0.5) is 0 Å². The second-order valence-corrected chi connectivity index (χ2v) is 13.9. The van der Waals surface area contributed by atoms with Crippen LogP contribution >= 0.6 is 0 Å². The van der Waals surface area contributed by atoms with Crippen molar-refractivity contribution in [1.82, 2.24) is 9.13 Å². The van der Waals surface area contributed by atoms with Crippen LogP contribution in [0.15, 0.2) is 186 Å². The molecule has 52 heavy (non-hydrogen) atoms. The molecule has 2 heterocycles. The molecule has 0 saturated heterocycles. The van der Waals surface area contributed by atoms with Crippen LogP contribution in [0.2, 0.25) is 0 Å². The molecule has 252 valence electrons. The summed E-state index contributed by atoms with van der Waals surface area (Å²) in [5.74, 6) is 0. The minimum absolute atomic E-state index is 0.247. The number of hydrogen-bond acceptors (Lipinski definition) is 2. The molecule has 6 aromatic carbocycles. The molecule has 8 aromatic rings. The Kier molecular flexibility index (Phi) is 8.36. The molecule has 0 atom stereocenters. The molecule has 0 bridgehead atoms. The maximum Gasteiger partial charge on any atom is 0.0681 e. The smallest absolute Gasteiger partial charge is 0.0681 e. The van der Waals surface area contributed by atoms with E-state index in [0.717, 1.165) is 39.1 Å². The molecule has 4 nitrogen and oxygen atoms in total. The van der Waals surface area contributed by atoms with Crippen LogP contribution < -0.4 is 0 Å². The highest BCUT2D eigenvalue weighted by molar-refractivity contribution is 6.17. The van der Waals surface area contributed by atoms with E-state index >= 15 is 0 Å². The fourth-order valence-corrected chi connectivity index (χ4v) is 7.58. The first-order chi connectivity index (χ1) is 25.3. The average molecular weight is 673 g/mol. The van der Waals surface area contributed by atoms with Gasteiger partial charge in [0.1, 0.15) is 0 Å². The van der Waals surface area contributed by atoms with Gasteiger partial charge in [0.05, 0.1) is 22.4 Å². The van der Waals surface area contributed by atoms with E-state index in [-0.39, 0.29) is 5.41 Å². The summed E-state index contributed by atoms with van der Waals surface area (Å²) < 4.78 is 4.56. The van der Waals surface area contributed by atoms with Crippen molar-refractivity contribution in [2.24, 2.45) is 17.5 Å². The van der Waals surface area contributed by atoms with Gasteiger partial charge in [-0.1, -0.05) is 123 Å². The lowest BCUT2D eigenvalue weighted by Crippen LogP contribution is -2.18. The molecule has 2 aromatic heterocycles. The summed E-state index contributed by atoms with van der Waals surface area (Å²) in [6.07, 6.45) is 6.23. The van der Waals surface area contributed by atoms with Crippen LogP contribution in [0.25, 0.3) is 60.6 Å². The quantitative estimate of drug-likeness (QED) is 0.171. The summed E-state index contributed by atoms with van der Waals surface area (Å²) in [7, 11) is 2.16. The Labute approximate surface area is 304 Å². The van der Waals surface area contributed by atoms with Gasteiger partial charge in [-0.2, -0.15) is 0 Å². The fraction of sp³-hybridized carbons (Fsp3) is 0.0833. The molecular formula is C48H40N4. The van der Waals surface area contributed by atoms with Crippen molar-refractivity contribution >= 4 is 45.1 Å². The number of rotatable bonds is 6. The van der Waals surface area contributed by atoms with E-state index in [1.54, 1.807) is 0 Å². The van der Waals surface area contributed by atoms with Crippen molar-refractivity contribution in [2.75, 3.05) is 0 Å². The van der Waals surface area contributed by atoms with E-state index in [0.29, 0.717) is 5.71 Å². The molecule has 9 rings (SSSR count). The van der Waals surface area contributed by atoms with Crippen molar-refractivity contribution < 1.29 is 0 Å². The Morgan fingerprint density at radius 3 is 1.85 bits per heavy atom. The number of para-hydroxylation sites is 2. The van der Waals surface area contributed by atoms with E-state index in [2.05, 4.69) is 169 Å². The van der Waals surface area contributed by atoms with Crippen molar-refractivity contribution in [3.8, 4) is 27.9 Å². The molecule has 1 N–H and O–H groups in total. The minimum Gasteiger partial charge on any atom is -0.343 e. The van der Waals surface area contributed by atoms with E-state index in [1.165, 1.54) is 38.4 Å². The highest BCUT2D eigenvalue weighted by atomic mass is 15.0. The van der Waals surface area contributed by atoms with Gasteiger partial charge in [-0.05, 0) is 83.6 Å². The second kappa shape index (κ2) is 13.3. The highest BCUT2D eigenvalue weighted by Gasteiger charge is 2.31. The van der Waals surface area contributed by atoms with Crippen LogP contribution in [0.1, 0.15) is 19.4 Å². The van der Waals surface area contributed by atoms with Crippen LogP contribution in [-0.4, -0.2) is 21.6 Å². The molecule has 4 heteroatoms. The molecule has 1 aliphatic carbocycles. The van der Waals surface area contributed by atoms with Gasteiger partial charge in [-0.15, -0.1) is 0 Å². The lowest BCUT2D eigenvalue weighted by Gasteiger charge is -2.23. The summed E-state index contributed by atoms with van der Waals surface area (Å²) in [5.41, 5.74) is 12.3. The van der Waals surface area contributed by atoms with E-state index in [4.69, 9.17) is 5.41 Å². The first-order valence-corrected chi connectivity index (χ1v) is 17.6. The number of hydrogen-bond donors (Lipinski definition) is 1. The van der Waals surface area contributed by atoms with Gasteiger partial charge in [0.25, 0.3) is 0 Å². The number of aromatic nitrogens is 2. The first kappa shape index (κ1) is 32.7. The molecule has 0 unspecified atom stereocenters. The normalized spacial score (nSPS) is 13.4. The van der Waals surface area contributed by atoms with Crippen molar-refractivity contribution in [3.05, 3.63) is 187 Å². The standard InChI is InChI=1S/C27H24N2.C21H16N2/c1-27(2)15-14-24(29-3)25(27)26(28)23-17-21(19-10-6-4-7-11-19)16-22(18-23)20-12-8-5-9-13-20;1-22-19-10-6-5-9-16(19)17-11-12-20-18(21(17)22)13-14-23(20)15-7-3-2-4-8-15/h4-18,28H,3H2,1-2H3;2-14H,1H3. The van der Waals surface area contributed by atoms with Crippen LogP contribution in [0, 0.1) is 10.8 Å². The molecular weight excluding hydrogens is 633 g/mol. The zero-order chi connectivity index (χ0) is 35.8. The number of fused-ring (bicyclic) bond motifs is 5. The molecule has 0 radical (unpaired) electrons. The third kappa shape index (κ3) is 5.78. The second-order valence-electron chi connectivity index (χ2n) is 13.9. The number of allylic oxidation sites excluding steroid dienone is 3. The zero-order valence-electron chi connectivity index (χ0n) is 29.7. The molecule has 0 aliphatic heterocycles.